The van der Waals surface area contributed by atoms with E-state index in [2.05, 4.69) is 54.4 Å². The Bertz CT molecular complexity index is 1550. The van der Waals surface area contributed by atoms with Crippen molar-refractivity contribution in [3.63, 3.8) is 0 Å². The highest BCUT2D eigenvalue weighted by molar-refractivity contribution is 5.84. The van der Waals surface area contributed by atoms with Gasteiger partial charge in [-0.3, -0.25) is 14.0 Å². The van der Waals surface area contributed by atoms with E-state index in [1.807, 2.05) is 52.9 Å². The second kappa shape index (κ2) is 9.40. The molecule has 6 rings (SSSR count). The first-order valence-electron chi connectivity index (χ1n) is 12.6. The Hall–Kier alpha value is -4.11. The lowest BCUT2D eigenvalue weighted by Gasteiger charge is -2.16. The molecule has 1 aromatic carbocycles. The van der Waals surface area contributed by atoms with Crippen LogP contribution in [0.2, 0.25) is 0 Å². The summed E-state index contributed by atoms with van der Waals surface area (Å²) in [5.74, 6) is 0.784. The molecular formula is C28H31N9. The van der Waals surface area contributed by atoms with E-state index in [1.165, 1.54) is 5.56 Å². The molecule has 0 fully saturated rings. The minimum Gasteiger partial charge on any atom is -0.308 e. The molecule has 0 radical (unpaired) electrons. The van der Waals surface area contributed by atoms with Gasteiger partial charge in [-0.2, -0.15) is 15.3 Å². The van der Waals surface area contributed by atoms with Gasteiger partial charge in [0.2, 0.25) is 0 Å². The van der Waals surface area contributed by atoms with Crippen molar-refractivity contribution in [1.82, 2.24) is 44.2 Å². The van der Waals surface area contributed by atoms with E-state index in [-0.39, 0.29) is 0 Å². The van der Waals surface area contributed by atoms with E-state index in [4.69, 9.17) is 20.2 Å². The van der Waals surface area contributed by atoms with Crippen LogP contribution in [0.25, 0.3) is 33.6 Å². The Labute approximate surface area is 216 Å². The summed E-state index contributed by atoms with van der Waals surface area (Å²) >= 11 is 0. The van der Waals surface area contributed by atoms with Crippen LogP contribution >= 0.6 is 0 Å². The molecule has 37 heavy (non-hydrogen) atoms. The van der Waals surface area contributed by atoms with Crippen LogP contribution in [0.4, 0.5) is 0 Å². The predicted molar refractivity (Wildman–Crippen MR) is 143 cm³/mol. The molecule has 1 aliphatic carbocycles. The molecule has 0 unspecified atom stereocenters. The minimum atomic E-state index is 0.604. The lowest BCUT2D eigenvalue weighted by Crippen LogP contribution is -2.18. The number of fused-ring (bicyclic) bond motifs is 3. The van der Waals surface area contributed by atoms with Gasteiger partial charge in [0.05, 0.1) is 41.9 Å². The Balaban J connectivity index is 1.32. The van der Waals surface area contributed by atoms with E-state index < -0.39 is 0 Å². The zero-order valence-corrected chi connectivity index (χ0v) is 21.8. The Morgan fingerprint density at radius 2 is 1.73 bits per heavy atom. The molecule has 5 aromatic rings. The van der Waals surface area contributed by atoms with Gasteiger partial charge in [0, 0.05) is 55.9 Å². The van der Waals surface area contributed by atoms with Crippen LogP contribution in [-0.2, 0) is 39.9 Å². The molecule has 0 spiro atoms. The minimum absolute atomic E-state index is 0.604. The van der Waals surface area contributed by atoms with E-state index in [1.54, 1.807) is 0 Å². The van der Waals surface area contributed by atoms with Crippen molar-refractivity contribution in [2.24, 2.45) is 14.1 Å². The SMILES string of the molecule is CN(C)CCn1ccc(Cc2ncc3c(n2)-c2c(nn(C)c2-c2ccc(-c4cnn(C)c4)cc2)CC3)n1. The Morgan fingerprint density at radius 3 is 2.49 bits per heavy atom. The summed E-state index contributed by atoms with van der Waals surface area (Å²) in [5.41, 5.74) is 9.83. The highest BCUT2D eigenvalue weighted by Gasteiger charge is 2.27. The molecule has 0 saturated heterocycles. The van der Waals surface area contributed by atoms with E-state index >= 15 is 0 Å². The number of aryl methyl sites for hydroxylation is 4. The number of aromatic nitrogens is 8. The number of benzene rings is 1. The van der Waals surface area contributed by atoms with Crippen LogP contribution in [0.15, 0.2) is 55.1 Å². The van der Waals surface area contributed by atoms with Crippen molar-refractivity contribution in [1.29, 1.82) is 0 Å². The highest BCUT2D eigenvalue weighted by Crippen LogP contribution is 2.39. The number of nitrogens with zero attached hydrogens (tertiary/aromatic N) is 9. The molecule has 188 valence electrons. The molecule has 0 N–H and O–H groups in total. The van der Waals surface area contributed by atoms with Crippen LogP contribution in [-0.4, -0.2) is 64.8 Å². The van der Waals surface area contributed by atoms with Gasteiger partial charge in [-0.15, -0.1) is 0 Å². The molecule has 4 aromatic heterocycles. The summed E-state index contributed by atoms with van der Waals surface area (Å²) in [6.07, 6.45) is 10.3. The maximum absolute atomic E-state index is 5.07. The van der Waals surface area contributed by atoms with Crippen molar-refractivity contribution in [3.05, 3.63) is 77.9 Å². The third-order valence-corrected chi connectivity index (χ3v) is 6.91. The smallest absolute Gasteiger partial charge is 0.134 e. The van der Waals surface area contributed by atoms with Crippen molar-refractivity contribution in [3.8, 4) is 33.6 Å². The zero-order valence-electron chi connectivity index (χ0n) is 21.8. The summed E-state index contributed by atoms with van der Waals surface area (Å²) in [7, 11) is 8.10. The van der Waals surface area contributed by atoms with Crippen molar-refractivity contribution < 1.29 is 0 Å². The van der Waals surface area contributed by atoms with Gasteiger partial charge >= 0.3 is 0 Å². The van der Waals surface area contributed by atoms with Gasteiger partial charge in [0.1, 0.15) is 5.82 Å². The number of likely N-dealkylation sites (N-methyl/N-ethyl adjacent to an activating group) is 1. The topological polar surface area (TPSA) is 82.5 Å². The van der Waals surface area contributed by atoms with E-state index in [9.17, 15) is 0 Å². The molecule has 0 bridgehead atoms. The first-order valence-corrected chi connectivity index (χ1v) is 12.6. The number of hydrogen-bond acceptors (Lipinski definition) is 6. The van der Waals surface area contributed by atoms with Crippen LogP contribution < -0.4 is 0 Å². The maximum atomic E-state index is 5.07. The Kier molecular flexibility index (Phi) is 5.92. The zero-order chi connectivity index (χ0) is 25.5. The molecule has 9 heteroatoms. The van der Waals surface area contributed by atoms with Crippen LogP contribution in [0.5, 0.6) is 0 Å². The fraction of sp³-hybridized carbons (Fsp3) is 0.321. The summed E-state index contributed by atoms with van der Waals surface area (Å²) < 4.78 is 5.80. The second-order valence-corrected chi connectivity index (χ2v) is 9.98. The fourth-order valence-corrected chi connectivity index (χ4v) is 4.99. The molecule has 0 atom stereocenters. The average molecular weight is 494 g/mol. The van der Waals surface area contributed by atoms with Crippen molar-refractivity contribution >= 4 is 0 Å². The first kappa shape index (κ1) is 23.3. The molecule has 0 aliphatic heterocycles. The monoisotopic (exact) mass is 493 g/mol. The standard InChI is InChI=1S/C28H31N9/c1-34(2)13-14-37-12-11-23(32-37)15-25-29-16-21-9-10-24-26(27(21)31-25)28(36(4)33-24)20-7-5-19(6-8-20)22-17-30-35(3)18-22/h5-8,11-12,16-18H,9-10,13-15H2,1-4H3. The Morgan fingerprint density at radius 1 is 0.919 bits per heavy atom. The lowest BCUT2D eigenvalue weighted by molar-refractivity contribution is 0.372. The van der Waals surface area contributed by atoms with Crippen molar-refractivity contribution in [2.45, 2.75) is 25.8 Å². The molecular weight excluding hydrogens is 462 g/mol. The average Bonchev–Trinajstić information content (AvgIpc) is 3.61. The lowest BCUT2D eigenvalue weighted by atomic mass is 9.91. The summed E-state index contributed by atoms with van der Waals surface area (Å²) in [5, 5.41) is 13.9. The van der Waals surface area contributed by atoms with Gasteiger partial charge < -0.3 is 4.90 Å². The van der Waals surface area contributed by atoms with Crippen LogP contribution in [0.1, 0.15) is 22.8 Å². The largest absolute Gasteiger partial charge is 0.308 e. The third-order valence-electron chi connectivity index (χ3n) is 6.91. The second-order valence-electron chi connectivity index (χ2n) is 9.98. The highest BCUT2D eigenvalue weighted by atomic mass is 15.3. The van der Waals surface area contributed by atoms with Gasteiger partial charge in [-0.1, -0.05) is 24.3 Å². The molecule has 9 nitrogen and oxygen atoms in total. The third kappa shape index (κ3) is 4.58. The molecule has 4 heterocycles. The van der Waals surface area contributed by atoms with Crippen LogP contribution in [0.3, 0.4) is 0 Å². The van der Waals surface area contributed by atoms with Crippen molar-refractivity contribution in [2.75, 3.05) is 20.6 Å². The number of hydrogen-bond donors (Lipinski definition) is 0. The van der Waals surface area contributed by atoms with Gasteiger partial charge in [-0.25, -0.2) is 9.97 Å². The maximum Gasteiger partial charge on any atom is 0.134 e. The van der Waals surface area contributed by atoms with Crippen LogP contribution in [0, 0.1) is 0 Å². The number of rotatable bonds is 7. The quantitative estimate of drug-likeness (QED) is 0.346. The molecule has 1 aliphatic rings. The molecule has 0 saturated carbocycles. The van der Waals surface area contributed by atoms with Gasteiger partial charge in [0.15, 0.2) is 0 Å². The van der Waals surface area contributed by atoms with E-state index in [0.29, 0.717) is 6.42 Å². The normalized spacial score (nSPS) is 12.7. The fourth-order valence-electron chi connectivity index (χ4n) is 4.99. The van der Waals surface area contributed by atoms with E-state index in [0.717, 1.165) is 76.8 Å². The first-order chi connectivity index (χ1) is 17.9. The molecule has 0 amide bonds. The summed E-state index contributed by atoms with van der Waals surface area (Å²) in [6, 6.07) is 10.7. The summed E-state index contributed by atoms with van der Waals surface area (Å²) in [4.78, 5) is 11.9. The van der Waals surface area contributed by atoms with Gasteiger partial charge in [-0.05, 0) is 44.1 Å². The van der Waals surface area contributed by atoms with Gasteiger partial charge in [0.25, 0.3) is 0 Å². The summed E-state index contributed by atoms with van der Waals surface area (Å²) in [6.45, 7) is 1.81. The predicted octanol–water partition coefficient (Wildman–Crippen LogP) is 3.39.